The van der Waals surface area contributed by atoms with Crippen LogP contribution in [0.15, 0.2) is 0 Å². The maximum atomic E-state index is 11.9. The first-order valence-corrected chi connectivity index (χ1v) is 8.38. The second-order valence-electron chi connectivity index (χ2n) is 6.87. The quantitative estimate of drug-likeness (QED) is 0.807. The molecule has 1 saturated heterocycles. The van der Waals surface area contributed by atoms with Crippen molar-refractivity contribution in [3.05, 3.63) is 0 Å². The van der Waals surface area contributed by atoms with Crippen molar-refractivity contribution in [2.45, 2.75) is 57.9 Å². The lowest BCUT2D eigenvalue weighted by molar-refractivity contribution is -0.122. The summed E-state index contributed by atoms with van der Waals surface area (Å²) in [6.07, 6.45) is 7.78. The molecule has 2 aliphatic rings. The predicted octanol–water partition coefficient (Wildman–Crippen LogP) is 1.74. The van der Waals surface area contributed by atoms with E-state index in [0.717, 1.165) is 31.8 Å². The molecule has 1 heterocycles. The van der Waals surface area contributed by atoms with Gasteiger partial charge in [0.15, 0.2) is 0 Å². The molecule has 0 spiro atoms. The lowest BCUT2D eigenvalue weighted by Gasteiger charge is -2.30. The second kappa shape index (κ2) is 7.99. The molecule has 0 aromatic rings. The maximum Gasteiger partial charge on any atom is 0.220 e. The maximum absolute atomic E-state index is 11.9. The molecule has 2 unspecified atom stereocenters. The molecule has 2 rings (SSSR count). The monoisotopic (exact) mass is 281 g/mol. The van der Waals surface area contributed by atoms with Crippen molar-refractivity contribution in [1.29, 1.82) is 0 Å². The molecule has 0 radical (unpaired) electrons. The highest BCUT2D eigenvalue weighted by molar-refractivity contribution is 5.76. The van der Waals surface area contributed by atoms with Gasteiger partial charge in [-0.3, -0.25) is 4.79 Å². The zero-order valence-corrected chi connectivity index (χ0v) is 12.9. The van der Waals surface area contributed by atoms with Crippen molar-refractivity contribution in [2.75, 3.05) is 26.2 Å². The molecule has 1 aliphatic heterocycles. The van der Waals surface area contributed by atoms with Crippen LogP contribution in [0.3, 0.4) is 0 Å². The highest BCUT2D eigenvalue weighted by Gasteiger charge is 2.21. The van der Waals surface area contributed by atoms with E-state index >= 15 is 0 Å². The van der Waals surface area contributed by atoms with Gasteiger partial charge in [0.25, 0.3) is 0 Å². The minimum Gasteiger partial charge on any atom is -0.355 e. The number of piperidine rings is 1. The number of rotatable bonds is 5. The third-order valence-corrected chi connectivity index (χ3v) is 4.92. The van der Waals surface area contributed by atoms with E-state index in [0.29, 0.717) is 18.4 Å². The largest absolute Gasteiger partial charge is 0.355 e. The number of likely N-dealkylation sites (tertiary alicyclic amines) is 1. The fourth-order valence-corrected chi connectivity index (χ4v) is 3.49. The fraction of sp³-hybridized carbons (Fsp3) is 0.938. The molecular formula is C16H31N3O. The minimum atomic E-state index is 0.217. The van der Waals surface area contributed by atoms with Gasteiger partial charge in [0.2, 0.25) is 5.91 Å². The Morgan fingerprint density at radius 2 is 2.00 bits per heavy atom. The second-order valence-corrected chi connectivity index (χ2v) is 6.87. The highest BCUT2D eigenvalue weighted by Crippen LogP contribution is 2.25. The normalized spacial score (nSPS) is 29.3. The zero-order valence-electron chi connectivity index (χ0n) is 12.9. The van der Waals surface area contributed by atoms with Gasteiger partial charge in [-0.05, 0) is 57.0 Å². The molecule has 1 amide bonds. The summed E-state index contributed by atoms with van der Waals surface area (Å²) < 4.78 is 0. The SMILES string of the molecule is CC1CCN(CCNC(=O)CC2CCCC(N)C2)CC1. The Bertz CT molecular complexity index is 300. The van der Waals surface area contributed by atoms with Gasteiger partial charge in [0.05, 0.1) is 0 Å². The van der Waals surface area contributed by atoms with Crippen molar-refractivity contribution < 1.29 is 4.79 Å². The highest BCUT2D eigenvalue weighted by atomic mass is 16.1. The van der Waals surface area contributed by atoms with Crippen LogP contribution in [-0.2, 0) is 4.79 Å². The standard InChI is InChI=1S/C16H31N3O/c1-13-5-8-19(9-6-13)10-7-18-16(20)12-14-3-2-4-15(17)11-14/h13-15H,2-12,17H2,1H3,(H,18,20). The van der Waals surface area contributed by atoms with Crippen molar-refractivity contribution in [1.82, 2.24) is 10.2 Å². The molecule has 0 aromatic carbocycles. The summed E-state index contributed by atoms with van der Waals surface area (Å²) in [4.78, 5) is 14.4. The molecule has 2 atom stereocenters. The molecule has 4 heteroatoms. The van der Waals surface area contributed by atoms with Gasteiger partial charge in [-0.1, -0.05) is 13.3 Å². The lowest BCUT2D eigenvalue weighted by atomic mass is 9.84. The molecule has 2 fully saturated rings. The predicted molar refractivity (Wildman–Crippen MR) is 82.4 cm³/mol. The topological polar surface area (TPSA) is 58.4 Å². The van der Waals surface area contributed by atoms with Crippen LogP contribution >= 0.6 is 0 Å². The number of hydrogen-bond acceptors (Lipinski definition) is 3. The minimum absolute atomic E-state index is 0.217. The molecule has 3 N–H and O–H groups in total. The molecule has 20 heavy (non-hydrogen) atoms. The van der Waals surface area contributed by atoms with E-state index < -0.39 is 0 Å². The Labute approximate surface area is 123 Å². The van der Waals surface area contributed by atoms with E-state index in [-0.39, 0.29) is 5.91 Å². The van der Waals surface area contributed by atoms with Crippen molar-refractivity contribution in [2.24, 2.45) is 17.6 Å². The number of carbonyl (C=O) groups excluding carboxylic acids is 1. The van der Waals surface area contributed by atoms with E-state index in [1.54, 1.807) is 0 Å². The third kappa shape index (κ3) is 5.41. The summed E-state index contributed by atoms with van der Waals surface area (Å²) in [5, 5.41) is 3.08. The van der Waals surface area contributed by atoms with Crippen LogP contribution in [0.1, 0.15) is 51.9 Å². The van der Waals surface area contributed by atoms with E-state index in [9.17, 15) is 4.79 Å². The Morgan fingerprint density at radius 3 is 2.70 bits per heavy atom. The number of carbonyl (C=O) groups is 1. The average Bonchev–Trinajstić information content (AvgIpc) is 2.41. The van der Waals surface area contributed by atoms with Crippen LogP contribution in [0, 0.1) is 11.8 Å². The van der Waals surface area contributed by atoms with Crippen LogP contribution in [0.5, 0.6) is 0 Å². The summed E-state index contributed by atoms with van der Waals surface area (Å²) >= 11 is 0. The Balaban J connectivity index is 1.56. The molecular weight excluding hydrogens is 250 g/mol. The van der Waals surface area contributed by atoms with Crippen LogP contribution < -0.4 is 11.1 Å². The van der Waals surface area contributed by atoms with E-state index in [4.69, 9.17) is 5.73 Å². The third-order valence-electron chi connectivity index (χ3n) is 4.92. The van der Waals surface area contributed by atoms with Gasteiger partial charge in [-0.2, -0.15) is 0 Å². The van der Waals surface area contributed by atoms with Gasteiger partial charge >= 0.3 is 0 Å². The van der Waals surface area contributed by atoms with Crippen LogP contribution in [-0.4, -0.2) is 43.0 Å². The number of amides is 1. The molecule has 0 bridgehead atoms. The average molecular weight is 281 g/mol. The Morgan fingerprint density at radius 1 is 1.25 bits per heavy atom. The number of hydrogen-bond donors (Lipinski definition) is 2. The first-order chi connectivity index (χ1) is 9.63. The summed E-state index contributed by atoms with van der Waals surface area (Å²) in [5.41, 5.74) is 5.97. The fourth-order valence-electron chi connectivity index (χ4n) is 3.49. The Hall–Kier alpha value is -0.610. The van der Waals surface area contributed by atoms with Crippen molar-refractivity contribution >= 4 is 5.91 Å². The number of nitrogens with one attached hydrogen (secondary N) is 1. The van der Waals surface area contributed by atoms with Crippen LogP contribution in [0.4, 0.5) is 0 Å². The molecule has 1 aliphatic carbocycles. The van der Waals surface area contributed by atoms with Gasteiger partial charge in [-0.25, -0.2) is 0 Å². The zero-order chi connectivity index (χ0) is 14.4. The van der Waals surface area contributed by atoms with Crippen molar-refractivity contribution in [3.8, 4) is 0 Å². The molecule has 116 valence electrons. The summed E-state index contributed by atoms with van der Waals surface area (Å²) in [7, 11) is 0. The van der Waals surface area contributed by atoms with E-state index in [2.05, 4.69) is 17.1 Å². The first-order valence-electron chi connectivity index (χ1n) is 8.38. The Kier molecular flexibility index (Phi) is 6.30. The van der Waals surface area contributed by atoms with Gasteiger partial charge in [-0.15, -0.1) is 0 Å². The van der Waals surface area contributed by atoms with E-state index in [1.807, 2.05) is 0 Å². The van der Waals surface area contributed by atoms with E-state index in [1.165, 1.54) is 38.8 Å². The summed E-state index contributed by atoms with van der Waals surface area (Å²) in [6.45, 7) is 6.51. The number of nitrogens with two attached hydrogens (primary N) is 1. The first kappa shape index (κ1) is 15.8. The van der Waals surface area contributed by atoms with Gasteiger partial charge in [0.1, 0.15) is 0 Å². The number of nitrogens with zero attached hydrogens (tertiary/aromatic N) is 1. The van der Waals surface area contributed by atoms with Crippen molar-refractivity contribution in [3.63, 3.8) is 0 Å². The molecule has 4 nitrogen and oxygen atoms in total. The summed E-state index contributed by atoms with van der Waals surface area (Å²) in [5.74, 6) is 1.60. The van der Waals surface area contributed by atoms with Gasteiger partial charge < -0.3 is 16.0 Å². The molecule has 1 saturated carbocycles. The smallest absolute Gasteiger partial charge is 0.220 e. The lowest BCUT2D eigenvalue weighted by Crippen LogP contribution is -2.39. The van der Waals surface area contributed by atoms with Gasteiger partial charge in [0, 0.05) is 25.6 Å². The summed E-state index contributed by atoms with van der Waals surface area (Å²) in [6, 6.07) is 0.317. The van der Waals surface area contributed by atoms with Crippen LogP contribution in [0.25, 0.3) is 0 Å². The molecule has 0 aromatic heterocycles. The van der Waals surface area contributed by atoms with Crippen LogP contribution in [0.2, 0.25) is 0 Å².